The lowest BCUT2D eigenvalue weighted by Crippen LogP contribution is -2.27. The van der Waals surface area contributed by atoms with Gasteiger partial charge >= 0.3 is 6.09 Å². The maximum absolute atomic E-state index is 11.8. The SMILES string of the molecule is CCCCCCCCNC(C)c1ccc(NC(=O)OC(C)(C)C)cc1. The number of unbranched alkanes of at least 4 members (excludes halogenated alkanes) is 5. The molecule has 1 aromatic carbocycles. The van der Waals surface area contributed by atoms with Crippen LogP contribution in [-0.4, -0.2) is 18.2 Å². The van der Waals surface area contributed by atoms with Crippen LogP contribution in [0, 0.1) is 0 Å². The van der Waals surface area contributed by atoms with Gasteiger partial charge in [-0.3, -0.25) is 5.32 Å². The molecule has 0 saturated carbocycles. The van der Waals surface area contributed by atoms with Gasteiger partial charge in [0.15, 0.2) is 0 Å². The molecule has 1 unspecified atom stereocenters. The highest BCUT2D eigenvalue weighted by atomic mass is 16.6. The second-order valence-electron chi connectivity index (χ2n) is 7.69. The average Bonchev–Trinajstić information content (AvgIpc) is 2.52. The molecular weight excluding hydrogens is 312 g/mol. The predicted molar refractivity (Wildman–Crippen MR) is 106 cm³/mol. The molecule has 4 heteroatoms. The smallest absolute Gasteiger partial charge is 0.412 e. The van der Waals surface area contributed by atoms with Gasteiger partial charge in [-0.05, 0) is 58.4 Å². The van der Waals surface area contributed by atoms with E-state index in [1.807, 2.05) is 45.0 Å². The third-order valence-corrected chi connectivity index (χ3v) is 4.04. The zero-order valence-corrected chi connectivity index (χ0v) is 16.7. The molecule has 0 aliphatic carbocycles. The predicted octanol–water partition coefficient (Wildman–Crippen LogP) is 6.04. The number of rotatable bonds is 10. The van der Waals surface area contributed by atoms with E-state index in [0.717, 1.165) is 12.2 Å². The Morgan fingerprint density at radius 2 is 1.64 bits per heavy atom. The lowest BCUT2D eigenvalue weighted by molar-refractivity contribution is 0.0636. The van der Waals surface area contributed by atoms with Gasteiger partial charge in [0.2, 0.25) is 0 Å². The summed E-state index contributed by atoms with van der Waals surface area (Å²) in [5, 5.41) is 6.33. The molecule has 1 atom stereocenters. The van der Waals surface area contributed by atoms with Gasteiger partial charge < -0.3 is 10.1 Å². The summed E-state index contributed by atoms with van der Waals surface area (Å²) in [5.74, 6) is 0. The number of nitrogens with one attached hydrogen (secondary N) is 2. The van der Waals surface area contributed by atoms with Gasteiger partial charge in [0.25, 0.3) is 0 Å². The van der Waals surface area contributed by atoms with Crippen LogP contribution >= 0.6 is 0 Å². The van der Waals surface area contributed by atoms with Crippen LogP contribution in [0.4, 0.5) is 10.5 Å². The summed E-state index contributed by atoms with van der Waals surface area (Å²) < 4.78 is 5.26. The van der Waals surface area contributed by atoms with Crippen LogP contribution < -0.4 is 10.6 Å². The van der Waals surface area contributed by atoms with E-state index in [9.17, 15) is 4.79 Å². The number of carbonyl (C=O) groups excluding carboxylic acids is 1. The third-order valence-electron chi connectivity index (χ3n) is 4.04. The molecule has 2 N–H and O–H groups in total. The molecule has 4 nitrogen and oxygen atoms in total. The van der Waals surface area contributed by atoms with E-state index in [1.165, 1.54) is 44.1 Å². The van der Waals surface area contributed by atoms with E-state index < -0.39 is 11.7 Å². The molecule has 25 heavy (non-hydrogen) atoms. The van der Waals surface area contributed by atoms with Crippen molar-refractivity contribution in [3.05, 3.63) is 29.8 Å². The zero-order valence-electron chi connectivity index (χ0n) is 16.7. The first kappa shape index (κ1) is 21.5. The molecule has 0 spiro atoms. The van der Waals surface area contributed by atoms with Crippen LogP contribution in [0.3, 0.4) is 0 Å². The molecule has 0 heterocycles. The summed E-state index contributed by atoms with van der Waals surface area (Å²) in [6, 6.07) is 8.24. The first-order valence-electron chi connectivity index (χ1n) is 9.65. The molecule has 1 aromatic rings. The fourth-order valence-corrected chi connectivity index (χ4v) is 2.62. The summed E-state index contributed by atoms with van der Waals surface area (Å²) in [7, 11) is 0. The molecule has 0 aliphatic rings. The number of ether oxygens (including phenoxy) is 1. The molecule has 0 fully saturated rings. The van der Waals surface area contributed by atoms with Gasteiger partial charge in [-0.2, -0.15) is 0 Å². The van der Waals surface area contributed by atoms with Crippen molar-refractivity contribution in [2.75, 3.05) is 11.9 Å². The lowest BCUT2D eigenvalue weighted by atomic mass is 10.1. The number of amides is 1. The Kier molecular flexibility index (Phi) is 9.58. The second-order valence-corrected chi connectivity index (χ2v) is 7.69. The second kappa shape index (κ2) is 11.1. The van der Waals surface area contributed by atoms with Crippen molar-refractivity contribution in [2.24, 2.45) is 0 Å². The summed E-state index contributed by atoms with van der Waals surface area (Å²) in [6.07, 6.45) is 7.47. The van der Waals surface area contributed by atoms with E-state index >= 15 is 0 Å². The van der Waals surface area contributed by atoms with Crippen LogP contribution in [0.2, 0.25) is 0 Å². The summed E-state index contributed by atoms with van der Waals surface area (Å²) in [6.45, 7) is 11.0. The molecule has 1 rings (SSSR count). The van der Waals surface area contributed by atoms with E-state index in [1.54, 1.807) is 0 Å². The molecule has 0 saturated heterocycles. The molecule has 0 bridgehead atoms. The Labute approximate surface area is 153 Å². The number of hydrogen-bond donors (Lipinski definition) is 2. The summed E-state index contributed by atoms with van der Waals surface area (Å²) in [4.78, 5) is 11.8. The van der Waals surface area contributed by atoms with Crippen LogP contribution in [0.25, 0.3) is 0 Å². The average molecular weight is 349 g/mol. The monoisotopic (exact) mass is 348 g/mol. The highest BCUT2D eigenvalue weighted by Crippen LogP contribution is 2.17. The highest BCUT2D eigenvalue weighted by Gasteiger charge is 2.16. The third kappa shape index (κ3) is 10.1. The summed E-state index contributed by atoms with van der Waals surface area (Å²) in [5.41, 5.74) is 1.49. The van der Waals surface area contributed by atoms with Gasteiger partial charge in [-0.1, -0.05) is 51.2 Å². The first-order chi connectivity index (χ1) is 11.8. The molecule has 0 radical (unpaired) electrons. The van der Waals surface area contributed by atoms with Gasteiger partial charge in [-0.15, -0.1) is 0 Å². The fraction of sp³-hybridized carbons (Fsp3) is 0.667. The Bertz CT molecular complexity index is 492. The Hall–Kier alpha value is -1.55. The highest BCUT2D eigenvalue weighted by molar-refractivity contribution is 5.84. The number of anilines is 1. The van der Waals surface area contributed by atoms with Crippen molar-refractivity contribution >= 4 is 11.8 Å². The molecular formula is C21H36N2O2. The quantitative estimate of drug-likeness (QED) is 0.506. The Morgan fingerprint density at radius 3 is 2.24 bits per heavy atom. The minimum absolute atomic E-state index is 0.311. The van der Waals surface area contributed by atoms with E-state index in [-0.39, 0.29) is 0 Å². The maximum Gasteiger partial charge on any atom is 0.412 e. The topological polar surface area (TPSA) is 50.4 Å². The van der Waals surface area contributed by atoms with Crippen LogP contribution in [-0.2, 0) is 4.74 Å². The maximum atomic E-state index is 11.8. The Balaban J connectivity index is 2.31. The van der Waals surface area contributed by atoms with Crippen molar-refractivity contribution in [2.45, 2.75) is 84.8 Å². The molecule has 0 aliphatic heterocycles. The minimum Gasteiger partial charge on any atom is -0.444 e. The first-order valence-corrected chi connectivity index (χ1v) is 9.65. The molecule has 142 valence electrons. The lowest BCUT2D eigenvalue weighted by Gasteiger charge is -2.20. The van der Waals surface area contributed by atoms with E-state index in [4.69, 9.17) is 4.74 Å². The largest absolute Gasteiger partial charge is 0.444 e. The van der Waals surface area contributed by atoms with Crippen molar-refractivity contribution in [1.29, 1.82) is 0 Å². The van der Waals surface area contributed by atoms with Crippen LogP contribution in [0.15, 0.2) is 24.3 Å². The van der Waals surface area contributed by atoms with Gasteiger partial charge in [-0.25, -0.2) is 4.79 Å². The number of hydrogen-bond acceptors (Lipinski definition) is 3. The normalized spacial score (nSPS) is 12.7. The van der Waals surface area contributed by atoms with Crippen molar-refractivity contribution in [1.82, 2.24) is 5.32 Å². The molecule has 1 amide bonds. The van der Waals surface area contributed by atoms with Crippen LogP contribution in [0.5, 0.6) is 0 Å². The van der Waals surface area contributed by atoms with Gasteiger partial charge in [0.05, 0.1) is 0 Å². The van der Waals surface area contributed by atoms with Crippen LogP contribution in [0.1, 0.15) is 84.7 Å². The standard InChI is InChI=1S/C21H36N2O2/c1-6-7-8-9-10-11-16-22-17(2)18-12-14-19(15-13-18)23-20(24)25-21(3,4)5/h12-15,17,22H,6-11,16H2,1-5H3,(H,23,24). The molecule has 0 aromatic heterocycles. The van der Waals surface area contributed by atoms with E-state index in [2.05, 4.69) is 24.5 Å². The zero-order chi connectivity index (χ0) is 18.7. The number of benzene rings is 1. The summed E-state index contributed by atoms with van der Waals surface area (Å²) >= 11 is 0. The fourth-order valence-electron chi connectivity index (χ4n) is 2.62. The van der Waals surface area contributed by atoms with Crippen molar-refractivity contribution < 1.29 is 9.53 Å². The number of carbonyl (C=O) groups is 1. The van der Waals surface area contributed by atoms with Gasteiger partial charge in [0, 0.05) is 11.7 Å². The minimum atomic E-state index is -0.487. The van der Waals surface area contributed by atoms with Crippen molar-refractivity contribution in [3.8, 4) is 0 Å². The van der Waals surface area contributed by atoms with Crippen molar-refractivity contribution in [3.63, 3.8) is 0 Å². The van der Waals surface area contributed by atoms with Gasteiger partial charge in [0.1, 0.15) is 5.60 Å². The van der Waals surface area contributed by atoms with E-state index in [0.29, 0.717) is 6.04 Å². The Morgan fingerprint density at radius 1 is 1.04 bits per heavy atom.